The maximum Gasteiger partial charge on any atom is 0.323 e. The third-order valence-corrected chi connectivity index (χ3v) is 3.93. The number of aliphatic carboxylic acids is 1. The van der Waals surface area contributed by atoms with Crippen molar-refractivity contribution >= 4 is 11.9 Å². The van der Waals surface area contributed by atoms with Crippen molar-refractivity contribution in [1.82, 2.24) is 4.90 Å². The first kappa shape index (κ1) is 15.5. The minimum atomic E-state index is -0.975. The van der Waals surface area contributed by atoms with Crippen molar-refractivity contribution in [2.24, 2.45) is 0 Å². The highest BCUT2D eigenvalue weighted by Gasteiger charge is 2.27. The van der Waals surface area contributed by atoms with Crippen LogP contribution in [0.3, 0.4) is 0 Å². The third-order valence-electron chi connectivity index (χ3n) is 3.93. The van der Waals surface area contributed by atoms with E-state index in [-0.39, 0.29) is 30.7 Å². The molecule has 1 aliphatic carbocycles. The van der Waals surface area contributed by atoms with Crippen LogP contribution in [0, 0.1) is 5.82 Å². The molecule has 4 nitrogen and oxygen atoms in total. The van der Waals surface area contributed by atoms with Gasteiger partial charge in [0.05, 0.1) is 0 Å². The van der Waals surface area contributed by atoms with Crippen LogP contribution < -0.4 is 0 Å². The van der Waals surface area contributed by atoms with Gasteiger partial charge in [-0.05, 0) is 37.0 Å². The van der Waals surface area contributed by atoms with Gasteiger partial charge >= 0.3 is 5.97 Å². The van der Waals surface area contributed by atoms with Gasteiger partial charge in [-0.2, -0.15) is 0 Å². The van der Waals surface area contributed by atoms with Crippen LogP contribution in [0.1, 0.15) is 37.7 Å². The lowest BCUT2D eigenvalue weighted by Crippen LogP contribution is -2.42. The number of rotatable bonds is 6. The van der Waals surface area contributed by atoms with Gasteiger partial charge in [-0.3, -0.25) is 9.59 Å². The number of carbonyl (C=O) groups excluding carboxylic acids is 1. The second kappa shape index (κ2) is 7.20. The first-order valence-electron chi connectivity index (χ1n) is 7.32. The lowest BCUT2D eigenvalue weighted by atomic mass is 10.1. The number of halogens is 1. The average Bonchev–Trinajstić information content (AvgIpc) is 2.97. The molecule has 0 bridgehead atoms. The Balaban J connectivity index is 1.94. The minimum absolute atomic E-state index is 0.0572. The fourth-order valence-electron chi connectivity index (χ4n) is 2.83. The number of hydrogen-bond donors (Lipinski definition) is 1. The molecule has 0 atom stereocenters. The molecule has 1 aromatic rings. The van der Waals surface area contributed by atoms with Gasteiger partial charge in [-0.1, -0.05) is 25.0 Å². The highest BCUT2D eigenvalue weighted by molar-refractivity contribution is 5.81. The van der Waals surface area contributed by atoms with Crippen molar-refractivity contribution in [2.45, 2.75) is 44.6 Å². The summed E-state index contributed by atoms with van der Waals surface area (Å²) in [6.07, 6.45) is 4.63. The zero-order valence-corrected chi connectivity index (χ0v) is 11.9. The van der Waals surface area contributed by atoms with Crippen molar-refractivity contribution in [2.75, 3.05) is 6.54 Å². The molecular formula is C16H20FNO3. The molecule has 1 aromatic carbocycles. The van der Waals surface area contributed by atoms with Crippen molar-refractivity contribution < 1.29 is 19.1 Å². The highest BCUT2D eigenvalue weighted by atomic mass is 19.1. The summed E-state index contributed by atoms with van der Waals surface area (Å²) < 4.78 is 12.8. The van der Waals surface area contributed by atoms with Crippen LogP contribution in [0.25, 0.3) is 0 Å². The Morgan fingerprint density at radius 3 is 2.38 bits per heavy atom. The molecule has 0 aromatic heterocycles. The van der Waals surface area contributed by atoms with Gasteiger partial charge in [0.25, 0.3) is 0 Å². The third kappa shape index (κ3) is 4.55. The lowest BCUT2D eigenvalue weighted by molar-refractivity contribution is -0.146. The van der Waals surface area contributed by atoms with Gasteiger partial charge in [0, 0.05) is 12.5 Å². The molecule has 114 valence electrons. The smallest absolute Gasteiger partial charge is 0.323 e. The molecule has 21 heavy (non-hydrogen) atoms. The Bertz CT molecular complexity index is 495. The first-order chi connectivity index (χ1) is 10.1. The fourth-order valence-corrected chi connectivity index (χ4v) is 2.83. The second-order valence-electron chi connectivity index (χ2n) is 5.48. The van der Waals surface area contributed by atoms with Crippen LogP contribution >= 0.6 is 0 Å². The van der Waals surface area contributed by atoms with E-state index in [2.05, 4.69) is 0 Å². The molecule has 1 aliphatic rings. The molecule has 1 saturated carbocycles. The van der Waals surface area contributed by atoms with Gasteiger partial charge in [0.1, 0.15) is 12.4 Å². The summed E-state index contributed by atoms with van der Waals surface area (Å²) >= 11 is 0. The second-order valence-corrected chi connectivity index (χ2v) is 5.48. The molecule has 1 N–H and O–H groups in total. The Hall–Kier alpha value is -1.91. The minimum Gasteiger partial charge on any atom is -0.480 e. The number of benzene rings is 1. The van der Waals surface area contributed by atoms with Crippen molar-refractivity contribution in [1.29, 1.82) is 0 Å². The van der Waals surface area contributed by atoms with E-state index < -0.39 is 5.97 Å². The van der Waals surface area contributed by atoms with Crippen LogP contribution in [0.4, 0.5) is 4.39 Å². The number of carboxylic acids is 1. The van der Waals surface area contributed by atoms with Crippen molar-refractivity contribution in [3.05, 3.63) is 35.6 Å². The summed E-state index contributed by atoms with van der Waals surface area (Å²) in [7, 11) is 0. The number of carbonyl (C=O) groups is 2. The maximum atomic E-state index is 12.8. The fraction of sp³-hybridized carbons (Fsp3) is 0.500. The van der Waals surface area contributed by atoms with E-state index in [1.165, 1.54) is 17.0 Å². The first-order valence-corrected chi connectivity index (χ1v) is 7.32. The molecule has 1 fully saturated rings. The molecule has 2 rings (SSSR count). The van der Waals surface area contributed by atoms with Crippen LogP contribution in [0.2, 0.25) is 0 Å². The average molecular weight is 293 g/mol. The molecule has 0 radical (unpaired) electrons. The number of amides is 1. The van der Waals surface area contributed by atoms with Crippen molar-refractivity contribution in [3.8, 4) is 0 Å². The topological polar surface area (TPSA) is 57.6 Å². The zero-order valence-electron chi connectivity index (χ0n) is 11.9. The molecule has 0 aliphatic heterocycles. The van der Waals surface area contributed by atoms with Gasteiger partial charge in [-0.15, -0.1) is 0 Å². The van der Waals surface area contributed by atoms with Crippen LogP contribution in [-0.2, 0) is 16.0 Å². The van der Waals surface area contributed by atoms with E-state index in [1.807, 2.05) is 0 Å². The van der Waals surface area contributed by atoms with E-state index in [0.717, 1.165) is 31.2 Å². The number of hydrogen-bond acceptors (Lipinski definition) is 2. The van der Waals surface area contributed by atoms with E-state index in [4.69, 9.17) is 5.11 Å². The number of aryl methyl sites for hydroxylation is 1. The summed E-state index contributed by atoms with van der Waals surface area (Å²) in [5.74, 6) is -1.41. The predicted molar refractivity (Wildman–Crippen MR) is 76.3 cm³/mol. The zero-order chi connectivity index (χ0) is 15.2. The van der Waals surface area contributed by atoms with E-state index in [0.29, 0.717) is 6.42 Å². The highest BCUT2D eigenvalue weighted by Crippen LogP contribution is 2.24. The van der Waals surface area contributed by atoms with E-state index in [1.54, 1.807) is 12.1 Å². The molecule has 0 saturated heterocycles. The largest absolute Gasteiger partial charge is 0.480 e. The van der Waals surface area contributed by atoms with Crippen molar-refractivity contribution in [3.63, 3.8) is 0 Å². The van der Waals surface area contributed by atoms with Crippen LogP contribution in [0.5, 0.6) is 0 Å². The summed E-state index contributed by atoms with van der Waals surface area (Å²) in [5.41, 5.74) is 0.881. The molecule has 0 heterocycles. The van der Waals surface area contributed by atoms with Gasteiger partial charge in [-0.25, -0.2) is 4.39 Å². The summed E-state index contributed by atoms with van der Waals surface area (Å²) in [6.45, 7) is -0.229. The SMILES string of the molecule is O=C(O)CN(C(=O)CCc1ccc(F)cc1)C1CCCC1. The summed E-state index contributed by atoms with van der Waals surface area (Å²) in [4.78, 5) is 24.7. The van der Waals surface area contributed by atoms with E-state index >= 15 is 0 Å². The predicted octanol–water partition coefficient (Wildman–Crippen LogP) is 2.61. The molecule has 0 unspecified atom stereocenters. The summed E-state index contributed by atoms with van der Waals surface area (Å²) in [6, 6.07) is 6.10. The lowest BCUT2D eigenvalue weighted by Gasteiger charge is -2.27. The molecule has 0 spiro atoms. The van der Waals surface area contributed by atoms with E-state index in [9.17, 15) is 14.0 Å². The Kier molecular flexibility index (Phi) is 5.31. The number of nitrogens with zero attached hydrogens (tertiary/aromatic N) is 1. The summed E-state index contributed by atoms with van der Waals surface area (Å²) in [5, 5.41) is 8.97. The standard InChI is InChI=1S/C16H20FNO3/c17-13-8-5-12(6-9-13)7-10-15(19)18(11-16(20)21)14-3-1-2-4-14/h5-6,8-9,14H,1-4,7,10-11H2,(H,20,21). The Morgan fingerprint density at radius 1 is 1.19 bits per heavy atom. The molecular weight excluding hydrogens is 273 g/mol. The quantitative estimate of drug-likeness (QED) is 0.877. The maximum absolute atomic E-state index is 12.8. The van der Waals surface area contributed by atoms with Gasteiger partial charge < -0.3 is 10.0 Å². The monoisotopic (exact) mass is 293 g/mol. The Morgan fingerprint density at radius 2 is 1.81 bits per heavy atom. The molecule has 1 amide bonds. The number of carboxylic acid groups (broad SMARTS) is 1. The molecule has 5 heteroatoms. The van der Waals surface area contributed by atoms with Gasteiger partial charge in [0.2, 0.25) is 5.91 Å². The normalized spacial score (nSPS) is 15.1. The van der Waals surface area contributed by atoms with Gasteiger partial charge in [0.15, 0.2) is 0 Å². The van der Waals surface area contributed by atoms with Crippen LogP contribution in [-0.4, -0.2) is 34.5 Å². The van der Waals surface area contributed by atoms with Crippen LogP contribution in [0.15, 0.2) is 24.3 Å². The Labute approximate surface area is 123 Å².